The van der Waals surface area contributed by atoms with Gasteiger partial charge in [-0.25, -0.2) is 0 Å². The summed E-state index contributed by atoms with van der Waals surface area (Å²) >= 11 is 0. The molecule has 0 atom stereocenters. The van der Waals surface area contributed by atoms with Crippen molar-refractivity contribution in [3.63, 3.8) is 0 Å². The van der Waals surface area contributed by atoms with Gasteiger partial charge < -0.3 is 18.5 Å². The van der Waals surface area contributed by atoms with Crippen LogP contribution < -0.4 is 9.47 Å². The molecule has 1 aliphatic heterocycles. The SMILES string of the molecule is c1cncc(-c2noc(-c3nc(-c4ccc5c(c4)OCO5)no3)n2)c1. The summed E-state index contributed by atoms with van der Waals surface area (Å²) in [6.07, 6.45) is 3.31. The summed E-state index contributed by atoms with van der Waals surface area (Å²) in [7, 11) is 0. The summed E-state index contributed by atoms with van der Waals surface area (Å²) in [4.78, 5) is 12.6. The van der Waals surface area contributed by atoms with Crippen molar-refractivity contribution in [2.24, 2.45) is 0 Å². The van der Waals surface area contributed by atoms with Crippen molar-refractivity contribution in [1.82, 2.24) is 25.3 Å². The third-order valence-corrected chi connectivity index (χ3v) is 3.59. The van der Waals surface area contributed by atoms with E-state index in [1.165, 1.54) is 0 Å². The molecule has 9 nitrogen and oxygen atoms in total. The fourth-order valence-electron chi connectivity index (χ4n) is 2.39. The van der Waals surface area contributed by atoms with Crippen molar-refractivity contribution in [3.8, 4) is 46.1 Å². The Labute approximate surface area is 140 Å². The van der Waals surface area contributed by atoms with Crippen molar-refractivity contribution in [3.05, 3.63) is 42.7 Å². The molecule has 4 heterocycles. The van der Waals surface area contributed by atoms with Gasteiger partial charge in [0.05, 0.1) is 0 Å². The lowest BCUT2D eigenvalue weighted by Crippen LogP contribution is -1.92. The molecule has 0 N–H and O–H groups in total. The van der Waals surface area contributed by atoms with Crippen LogP contribution >= 0.6 is 0 Å². The van der Waals surface area contributed by atoms with Crippen LogP contribution in [0.1, 0.15) is 0 Å². The second-order valence-electron chi connectivity index (χ2n) is 5.16. The lowest BCUT2D eigenvalue weighted by atomic mass is 10.2. The average molecular weight is 335 g/mol. The summed E-state index contributed by atoms with van der Waals surface area (Å²) in [6.45, 7) is 0.204. The van der Waals surface area contributed by atoms with Crippen LogP contribution in [0.2, 0.25) is 0 Å². The standard InChI is InChI=1S/C16H9N5O4/c1-2-10(7-17-5-1)14-19-16(25-21-14)15-18-13(20-24-15)9-3-4-11-12(6-9)23-8-22-11/h1-7H,8H2. The summed E-state index contributed by atoms with van der Waals surface area (Å²) in [5.74, 6) is 2.37. The minimum atomic E-state index is 0.135. The Kier molecular flexibility index (Phi) is 2.96. The number of hydrogen-bond donors (Lipinski definition) is 0. The number of hydrogen-bond acceptors (Lipinski definition) is 9. The molecule has 0 aliphatic carbocycles. The lowest BCUT2D eigenvalue weighted by molar-refractivity contribution is 0.174. The fourth-order valence-corrected chi connectivity index (χ4v) is 2.39. The summed E-state index contributed by atoms with van der Waals surface area (Å²) in [5, 5.41) is 7.85. The highest BCUT2D eigenvalue weighted by Gasteiger charge is 2.20. The molecule has 25 heavy (non-hydrogen) atoms. The number of ether oxygens (including phenoxy) is 2. The molecule has 0 bridgehead atoms. The van der Waals surface area contributed by atoms with Crippen molar-refractivity contribution in [2.75, 3.05) is 6.79 Å². The molecule has 0 spiro atoms. The van der Waals surface area contributed by atoms with E-state index in [4.69, 9.17) is 18.5 Å². The minimum absolute atomic E-state index is 0.135. The smallest absolute Gasteiger partial charge is 0.316 e. The van der Waals surface area contributed by atoms with E-state index in [2.05, 4.69) is 25.3 Å². The molecule has 0 saturated heterocycles. The zero-order valence-electron chi connectivity index (χ0n) is 12.6. The summed E-state index contributed by atoms with van der Waals surface area (Å²) < 4.78 is 21.1. The summed E-state index contributed by atoms with van der Waals surface area (Å²) in [6, 6.07) is 9.01. The zero-order chi connectivity index (χ0) is 16.6. The summed E-state index contributed by atoms with van der Waals surface area (Å²) in [5.41, 5.74) is 1.46. The molecule has 3 aromatic heterocycles. The van der Waals surface area contributed by atoms with Crippen LogP contribution in [0.15, 0.2) is 51.8 Å². The molecule has 9 heteroatoms. The fraction of sp³-hybridized carbons (Fsp3) is 0.0625. The van der Waals surface area contributed by atoms with Crippen molar-refractivity contribution < 1.29 is 18.5 Å². The molecule has 5 rings (SSSR count). The third kappa shape index (κ3) is 2.38. The Morgan fingerprint density at radius 1 is 0.800 bits per heavy atom. The zero-order valence-corrected chi connectivity index (χ0v) is 12.6. The lowest BCUT2D eigenvalue weighted by Gasteiger charge is -1.97. The van der Waals surface area contributed by atoms with E-state index >= 15 is 0 Å². The Bertz CT molecular complexity index is 1040. The van der Waals surface area contributed by atoms with Crippen molar-refractivity contribution in [2.45, 2.75) is 0 Å². The van der Waals surface area contributed by atoms with E-state index in [0.29, 0.717) is 23.1 Å². The van der Waals surface area contributed by atoms with Gasteiger partial charge in [0.15, 0.2) is 11.5 Å². The van der Waals surface area contributed by atoms with E-state index in [-0.39, 0.29) is 18.6 Å². The van der Waals surface area contributed by atoms with Crippen LogP contribution in [0.25, 0.3) is 34.6 Å². The second kappa shape index (κ2) is 5.41. The molecule has 0 saturated carbocycles. The Hall–Kier alpha value is -3.75. The first-order chi connectivity index (χ1) is 12.4. The topological polar surface area (TPSA) is 109 Å². The molecule has 0 radical (unpaired) electrons. The van der Waals surface area contributed by atoms with Gasteiger partial charge in [-0.1, -0.05) is 10.3 Å². The van der Waals surface area contributed by atoms with Crippen LogP contribution in [0.5, 0.6) is 11.5 Å². The monoisotopic (exact) mass is 335 g/mol. The molecule has 1 aliphatic rings. The van der Waals surface area contributed by atoms with Crippen molar-refractivity contribution in [1.29, 1.82) is 0 Å². The molecule has 122 valence electrons. The first-order valence-corrected chi connectivity index (χ1v) is 7.35. The molecular formula is C16H9N5O4. The Balaban J connectivity index is 1.46. The van der Waals surface area contributed by atoms with E-state index in [0.717, 1.165) is 11.1 Å². The van der Waals surface area contributed by atoms with Gasteiger partial charge in [0.1, 0.15) is 0 Å². The van der Waals surface area contributed by atoms with Crippen LogP contribution in [0, 0.1) is 0 Å². The number of fused-ring (bicyclic) bond motifs is 1. The van der Waals surface area contributed by atoms with Crippen LogP contribution in [-0.2, 0) is 0 Å². The molecule has 0 amide bonds. The van der Waals surface area contributed by atoms with Gasteiger partial charge in [0.25, 0.3) is 0 Å². The number of aromatic nitrogens is 5. The minimum Gasteiger partial charge on any atom is -0.454 e. The first kappa shape index (κ1) is 13.7. The molecule has 4 aromatic rings. The number of benzene rings is 1. The predicted octanol–water partition coefficient (Wildman–Crippen LogP) is 2.58. The molecule has 1 aromatic carbocycles. The quantitative estimate of drug-likeness (QED) is 0.558. The van der Waals surface area contributed by atoms with E-state index < -0.39 is 0 Å². The Morgan fingerprint density at radius 2 is 1.56 bits per heavy atom. The predicted molar refractivity (Wildman–Crippen MR) is 82.4 cm³/mol. The van der Waals surface area contributed by atoms with Gasteiger partial charge in [0, 0.05) is 23.5 Å². The number of nitrogens with zero attached hydrogens (tertiary/aromatic N) is 5. The highest BCUT2D eigenvalue weighted by Crippen LogP contribution is 2.35. The van der Waals surface area contributed by atoms with Gasteiger partial charge in [-0.05, 0) is 30.3 Å². The van der Waals surface area contributed by atoms with Gasteiger partial charge in [0.2, 0.25) is 18.4 Å². The maximum Gasteiger partial charge on any atom is 0.316 e. The van der Waals surface area contributed by atoms with Gasteiger partial charge in [-0.2, -0.15) is 9.97 Å². The van der Waals surface area contributed by atoms with Gasteiger partial charge in [-0.3, -0.25) is 4.98 Å². The van der Waals surface area contributed by atoms with Crippen molar-refractivity contribution >= 4 is 0 Å². The maximum absolute atomic E-state index is 5.35. The van der Waals surface area contributed by atoms with E-state index in [1.54, 1.807) is 30.6 Å². The third-order valence-electron chi connectivity index (χ3n) is 3.59. The Morgan fingerprint density at radius 3 is 2.32 bits per heavy atom. The molecule has 0 unspecified atom stereocenters. The number of pyridine rings is 1. The highest BCUT2D eigenvalue weighted by atomic mass is 16.7. The van der Waals surface area contributed by atoms with Crippen LogP contribution in [0.3, 0.4) is 0 Å². The largest absolute Gasteiger partial charge is 0.454 e. The van der Waals surface area contributed by atoms with E-state index in [9.17, 15) is 0 Å². The van der Waals surface area contributed by atoms with Gasteiger partial charge >= 0.3 is 11.8 Å². The van der Waals surface area contributed by atoms with Gasteiger partial charge in [-0.15, -0.1) is 0 Å². The first-order valence-electron chi connectivity index (χ1n) is 7.35. The second-order valence-corrected chi connectivity index (χ2v) is 5.16. The maximum atomic E-state index is 5.35. The van der Waals surface area contributed by atoms with Crippen LogP contribution in [-0.4, -0.2) is 32.1 Å². The number of rotatable bonds is 3. The van der Waals surface area contributed by atoms with E-state index in [1.807, 2.05) is 12.1 Å². The van der Waals surface area contributed by atoms with Crippen LogP contribution in [0.4, 0.5) is 0 Å². The average Bonchev–Trinajstić information content (AvgIpc) is 3.40. The molecule has 0 fully saturated rings. The highest BCUT2D eigenvalue weighted by molar-refractivity contribution is 5.62. The normalized spacial score (nSPS) is 12.5. The molecular weight excluding hydrogens is 326 g/mol.